The molecule has 13 rings (SSSR count). The molecule has 9 aromatic rings. The van der Waals surface area contributed by atoms with E-state index in [0.717, 1.165) is 73.4 Å². The molecule has 0 spiro atoms. The van der Waals surface area contributed by atoms with Gasteiger partial charge in [0.1, 0.15) is 69.1 Å². The van der Waals surface area contributed by atoms with E-state index in [2.05, 4.69) is 86.7 Å². The molecule has 2 aromatic carbocycles. The van der Waals surface area contributed by atoms with Crippen LogP contribution < -0.4 is 36.9 Å². The maximum atomic E-state index is 13.8. The van der Waals surface area contributed by atoms with E-state index in [-0.39, 0.29) is 121 Å². The molecule has 2 unspecified atom stereocenters. The molecule has 4 fully saturated rings. The smallest absolute Gasteiger partial charge is 0.393 e. The van der Waals surface area contributed by atoms with Crippen LogP contribution in [0.5, 0.6) is 0 Å². The third kappa shape index (κ3) is 25.5. The van der Waals surface area contributed by atoms with Gasteiger partial charge < -0.3 is 52.0 Å². The van der Waals surface area contributed by atoms with E-state index in [0.29, 0.717) is 81.8 Å². The van der Waals surface area contributed by atoms with Crippen molar-refractivity contribution in [3.05, 3.63) is 207 Å². The lowest BCUT2D eigenvalue weighted by Gasteiger charge is -2.59. The van der Waals surface area contributed by atoms with Crippen molar-refractivity contribution >= 4 is 35.2 Å². The number of rotatable bonds is 23. The largest absolute Gasteiger partial charge is 0.421 e. The molecule has 7 heterocycles. The fraction of sp³-hybridized carbons (Fsp3) is 0.482. The number of benzene rings is 2. The number of halogens is 18. The molecule has 0 bridgehead atoms. The highest BCUT2D eigenvalue weighted by Gasteiger charge is 2.58. The number of aromatic nitrogens is 11. The summed E-state index contributed by atoms with van der Waals surface area (Å²) in [6.07, 6.45) is -5.77. The number of aryl methyl sites for hydroxylation is 4. The fourth-order valence-corrected chi connectivity index (χ4v) is 14.6. The molecule has 40 heteroatoms. The number of ether oxygens (including phenoxy) is 1. The lowest BCUT2D eigenvalue weighted by molar-refractivity contribution is -0.379. The average molecular weight is 1780 g/mol. The van der Waals surface area contributed by atoms with Crippen molar-refractivity contribution in [3.8, 4) is 17.2 Å². The maximum absolute atomic E-state index is 13.8. The highest BCUT2D eigenvalue weighted by molar-refractivity contribution is 5.67. The van der Waals surface area contributed by atoms with Crippen molar-refractivity contribution in [2.45, 2.75) is 243 Å². The van der Waals surface area contributed by atoms with E-state index in [1.54, 1.807) is 52.4 Å². The van der Waals surface area contributed by atoms with Crippen molar-refractivity contribution in [1.82, 2.24) is 49.8 Å². The first-order valence-corrected chi connectivity index (χ1v) is 39.4. The van der Waals surface area contributed by atoms with Gasteiger partial charge >= 0.3 is 30.9 Å². The first-order chi connectivity index (χ1) is 58.0. The molecule has 0 saturated heterocycles. The number of nitriles is 1. The molecule has 4 aliphatic carbocycles. The average Bonchev–Trinajstić information content (AvgIpc) is 0.723. The SMILES string of the molecule is C.CC(F)(F)c1ccncc1CCc1ncc(C(F)(F)F)c(NC2CCC(O)CC2)n1.CC1(C)[C@@H](O)C[C@H]1Nc1nc(CCc2cnccc2-c2ccc(F)cc2)ncc1C(F)(F)F.CC1(O)CCC(Nc2nc(NCc3ccccc3C(F)(F)F)ncc2C#N)CC1.COC1(C)CC(Nc2nc(NCc3c[nH+]ccc3C(F)(F)F)ncc2C(F)(F)F)C1(C)C. The standard InChI is InChI=1S/C24H24F4N4O.C20H23F6N5O.C20H23F5N4O.C20H22F3N5O.CH4/c1-23(2)19(11-20(23)33)31-22-18(24(26,27)28)13-30-21(32-22)8-5-15-12-29-10-9-17(15)14-3-6-16(25)7-4-14;1-17(2)14(7-18(17,3)32-4)30-15-13(20(24,25)26)10-29-16(31-15)28-9-11-8-27-6-5-12(11)19(21,22)23;1-19(21,22)15-8-9-26-10-12(15)2-7-17-27-11-16(20(23,24)25)18(29-17)28-13-3-5-14(30)6-4-13;1-19(29)8-6-15(7-9-19)27-17-14(10-24)12-26-18(28-17)25-11-13-4-2-3-5-16(13)20(21,22)23;/h3-4,6-7,9-10,12-13,19-20,33H,5,8,11H2,1-2H3,(H,30,31,32);5-6,8,10,14H,7,9H2,1-4H3,(H2,28,29,30,31);8-11,13-14,30H,2-7H2,1H3,(H,27,28,29);2-5,12,15,29H,6-9,11H2,1H3,(H2,25,26,27,28);1H4/p+1/t19-,20+;;;;/m1..../s1. The van der Waals surface area contributed by atoms with Crippen LogP contribution in [0.2, 0.25) is 0 Å². The van der Waals surface area contributed by atoms with Crippen molar-refractivity contribution < 1.29 is 104 Å². The van der Waals surface area contributed by atoms with Crippen LogP contribution in [0.3, 0.4) is 0 Å². The monoisotopic (exact) mass is 1780 g/mol. The van der Waals surface area contributed by atoms with Gasteiger partial charge in [-0.15, -0.1) is 0 Å². The quantitative estimate of drug-likeness (QED) is 0.0269. The predicted molar refractivity (Wildman–Crippen MR) is 428 cm³/mol. The summed E-state index contributed by atoms with van der Waals surface area (Å²) in [4.78, 5) is 42.4. The maximum Gasteiger partial charge on any atom is 0.421 e. The van der Waals surface area contributed by atoms with Gasteiger partial charge in [-0.05, 0) is 149 Å². The zero-order valence-electron chi connectivity index (χ0n) is 68.4. The topological polar surface area (TPSA) is 309 Å². The third-order valence-electron chi connectivity index (χ3n) is 23.0. The molecular formula is C85H97F18N18O4+. The minimum atomic E-state index is -4.71. The number of anilines is 6. The summed E-state index contributed by atoms with van der Waals surface area (Å²) >= 11 is 0. The van der Waals surface area contributed by atoms with Gasteiger partial charge in [-0.3, -0.25) is 9.97 Å². The summed E-state index contributed by atoms with van der Waals surface area (Å²) in [5.74, 6) is -3.82. The Kier molecular flexibility index (Phi) is 31.1. The number of aromatic amines is 1. The number of nitrogens with zero attached hydrogens (tertiary/aromatic N) is 11. The molecule has 22 nitrogen and oxygen atoms in total. The number of nitrogens with one attached hydrogen (secondary N) is 7. The number of hydrogen-bond donors (Lipinski definition) is 9. The first-order valence-electron chi connectivity index (χ1n) is 39.4. The molecule has 4 aliphatic rings. The Labute approximate surface area is 709 Å². The van der Waals surface area contributed by atoms with E-state index in [4.69, 9.17) is 4.74 Å². The second-order valence-corrected chi connectivity index (χ2v) is 32.4. The Balaban J connectivity index is 0.000000188. The summed E-state index contributed by atoms with van der Waals surface area (Å²) in [6, 6.07) is 16.4. The van der Waals surface area contributed by atoms with Gasteiger partial charge in [-0.1, -0.05) is 65.5 Å². The fourth-order valence-electron chi connectivity index (χ4n) is 14.6. The van der Waals surface area contributed by atoms with Crippen LogP contribution in [0, 0.1) is 28.0 Å². The van der Waals surface area contributed by atoms with Crippen LogP contribution in [-0.2, 0) is 80.3 Å². The molecule has 676 valence electrons. The zero-order chi connectivity index (χ0) is 90.8. The van der Waals surface area contributed by atoms with Crippen LogP contribution in [0.1, 0.15) is 193 Å². The second-order valence-electron chi connectivity index (χ2n) is 32.4. The molecule has 0 radical (unpaired) electrons. The highest BCUT2D eigenvalue weighted by Crippen LogP contribution is 2.53. The van der Waals surface area contributed by atoms with Gasteiger partial charge in [0, 0.05) is 136 Å². The number of hydrogen-bond acceptors (Lipinski definition) is 21. The van der Waals surface area contributed by atoms with Crippen LogP contribution in [-0.4, -0.2) is 120 Å². The Morgan fingerprint density at radius 1 is 0.512 bits per heavy atom. The van der Waals surface area contributed by atoms with Crippen LogP contribution in [0.25, 0.3) is 11.1 Å². The van der Waals surface area contributed by atoms with Crippen molar-refractivity contribution in [2.24, 2.45) is 10.8 Å². The summed E-state index contributed by atoms with van der Waals surface area (Å²) in [5, 5.41) is 56.0. The third-order valence-corrected chi connectivity index (χ3v) is 23.0. The predicted octanol–water partition coefficient (Wildman–Crippen LogP) is 18.8. The molecule has 0 aliphatic heterocycles. The molecular weight excluding hydrogens is 1680 g/mol. The summed E-state index contributed by atoms with van der Waals surface area (Å²) in [5.41, 5.74) is -3.96. The summed E-state index contributed by atoms with van der Waals surface area (Å²) in [7, 11) is 1.54. The van der Waals surface area contributed by atoms with Crippen molar-refractivity contribution in [3.63, 3.8) is 0 Å². The van der Waals surface area contributed by atoms with Gasteiger partial charge in [0.25, 0.3) is 5.92 Å². The van der Waals surface area contributed by atoms with Gasteiger partial charge in [-0.25, -0.2) is 48.1 Å². The lowest BCUT2D eigenvalue weighted by Crippen LogP contribution is -2.65. The van der Waals surface area contributed by atoms with Crippen molar-refractivity contribution in [2.75, 3.05) is 39.0 Å². The number of alkyl halides is 17. The van der Waals surface area contributed by atoms with E-state index < -0.39 is 105 Å². The molecule has 125 heavy (non-hydrogen) atoms. The van der Waals surface area contributed by atoms with E-state index in [1.807, 2.05) is 32.9 Å². The Morgan fingerprint density at radius 3 is 1.53 bits per heavy atom. The number of methoxy groups -OCH3 is 1. The van der Waals surface area contributed by atoms with Crippen molar-refractivity contribution in [1.29, 1.82) is 5.26 Å². The minimum absolute atomic E-state index is 0. The Morgan fingerprint density at radius 2 is 0.992 bits per heavy atom. The van der Waals surface area contributed by atoms with Gasteiger partial charge in [0.05, 0.1) is 40.7 Å². The van der Waals surface area contributed by atoms with Gasteiger partial charge in [-0.2, -0.15) is 81.1 Å². The lowest BCUT2D eigenvalue weighted by atomic mass is 9.56. The number of H-pyrrole nitrogens is 1. The van der Waals surface area contributed by atoms with Crippen LogP contribution in [0.15, 0.2) is 129 Å². The number of aliphatic hydroxyl groups excluding tert-OH is 2. The molecule has 7 aromatic heterocycles. The van der Waals surface area contributed by atoms with Gasteiger partial charge in [0.15, 0.2) is 12.4 Å². The Bertz CT molecular complexity index is 5130. The van der Waals surface area contributed by atoms with Crippen LogP contribution >= 0.6 is 0 Å². The molecule has 10 N–H and O–H groups in total. The number of aliphatic hydroxyl groups is 3. The van der Waals surface area contributed by atoms with Crippen LogP contribution in [0.4, 0.5) is 114 Å². The van der Waals surface area contributed by atoms with E-state index in [1.165, 1.54) is 55.0 Å². The summed E-state index contributed by atoms with van der Waals surface area (Å²) in [6.45, 7) is 11.4. The summed E-state index contributed by atoms with van der Waals surface area (Å²) < 4.78 is 246. The zero-order valence-corrected chi connectivity index (χ0v) is 68.4. The Hall–Kier alpha value is -10.9. The molecule has 4 atom stereocenters. The normalized spacial score (nSPS) is 21.0. The van der Waals surface area contributed by atoms with Gasteiger partial charge in [0.2, 0.25) is 11.9 Å². The number of pyridine rings is 3. The van der Waals surface area contributed by atoms with E-state index >= 15 is 0 Å². The minimum Gasteiger partial charge on any atom is -0.393 e. The second kappa shape index (κ2) is 39.7. The first kappa shape index (κ1) is 97.9. The highest BCUT2D eigenvalue weighted by atomic mass is 19.4. The molecule has 0 amide bonds. The molecule has 4 saturated carbocycles. The van der Waals surface area contributed by atoms with E-state index in [9.17, 15) is 99.6 Å².